The molecule has 11 rings (SSSR count). The Bertz CT molecular complexity index is 2810. The van der Waals surface area contributed by atoms with E-state index in [2.05, 4.69) is 186 Å². The Morgan fingerprint density at radius 3 is 1.61 bits per heavy atom. The number of benzene rings is 8. The van der Waals surface area contributed by atoms with Gasteiger partial charge < -0.3 is 14.2 Å². The van der Waals surface area contributed by atoms with Crippen molar-refractivity contribution in [2.24, 2.45) is 0 Å². The number of anilines is 6. The standard InChI is InChI=1S/C51H38N2O/c1-3-17-39(18-4-1)52(40-19-5-2-6-20-40)45-22-11-15-36-29-31-51(49(36)45)32-30-37-16-12-23-46(50(37)51)53(41-26-25-35-13-7-8-14-38(35)33-41)42-27-28-48-44(34-42)43-21-9-10-24-47(43)54-48/h1-28,33-34H,29-32H2/t51-/m1/s1. The van der Waals surface area contributed by atoms with Gasteiger partial charge in [-0.2, -0.15) is 0 Å². The molecule has 3 nitrogen and oxygen atoms in total. The van der Waals surface area contributed by atoms with Crippen LogP contribution in [0.4, 0.5) is 34.1 Å². The number of fused-ring (bicyclic) bond motifs is 8. The van der Waals surface area contributed by atoms with Crippen LogP contribution in [0.3, 0.4) is 0 Å². The van der Waals surface area contributed by atoms with Crippen LogP contribution in [0.1, 0.15) is 35.1 Å². The van der Waals surface area contributed by atoms with Crippen molar-refractivity contribution in [3.63, 3.8) is 0 Å². The summed E-state index contributed by atoms with van der Waals surface area (Å²) < 4.78 is 6.33. The minimum absolute atomic E-state index is 0.152. The topological polar surface area (TPSA) is 19.6 Å². The van der Waals surface area contributed by atoms with Gasteiger partial charge in [0.25, 0.3) is 0 Å². The van der Waals surface area contributed by atoms with Crippen molar-refractivity contribution in [3.05, 3.63) is 204 Å². The molecule has 0 saturated heterocycles. The van der Waals surface area contributed by atoms with Gasteiger partial charge in [0.15, 0.2) is 0 Å². The van der Waals surface area contributed by atoms with Gasteiger partial charge in [-0.1, -0.05) is 109 Å². The zero-order valence-corrected chi connectivity index (χ0v) is 30.0. The summed E-state index contributed by atoms with van der Waals surface area (Å²) in [5.74, 6) is 0. The Balaban J connectivity index is 1.16. The quantitative estimate of drug-likeness (QED) is 0.173. The second-order valence-corrected chi connectivity index (χ2v) is 14.9. The molecule has 3 heteroatoms. The maximum absolute atomic E-state index is 6.33. The van der Waals surface area contributed by atoms with Crippen molar-refractivity contribution >= 4 is 66.8 Å². The van der Waals surface area contributed by atoms with E-state index in [9.17, 15) is 0 Å². The number of nitrogens with zero attached hydrogens (tertiary/aromatic N) is 2. The Kier molecular flexibility index (Phi) is 7.03. The fourth-order valence-electron chi connectivity index (χ4n) is 9.69. The number of rotatable bonds is 6. The van der Waals surface area contributed by atoms with Crippen LogP contribution in [-0.4, -0.2) is 0 Å². The molecule has 1 spiro atoms. The van der Waals surface area contributed by atoms with Crippen molar-refractivity contribution in [1.29, 1.82) is 0 Å². The molecule has 0 N–H and O–H groups in total. The molecule has 0 amide bonds. The maximum atomic E-state index is 6.33. The SMILES string of the molecule is c1ccc(N(c2ccccc2)c2cccc3c2[C@@]2(CC3)CCc3cccc(N(c4ccc5ccccc5c4)c4ccc5oc6ccccc6c5c4)c32)cc1. The van der Waals surface area contributed by atoms with Gasteiger partial charge in [0, 0.05) is 38.9 Å². The van der Waals surface area contributed by atoms with Crippen LogP contribution in [0.5, 0.6) is 0 Å². The fraction of sp³-hybridized carbons (Fsp3) is 0.0980. The Morgan fingerprint density at radius 2 is 0.926 bits per heavy atom. The van der Waals surface area contributed by atoms with Crippen molar-refractivity contribution in [2.45, 2.75) is 31.1 Å². The monoisotopic (exact) mass is 694 g/mol. The van der Waals surface area contributed by atoms with Crippen molar-refractivity contribution in [3.8, 4) is 0 Å². The van der Waals surface area contributed by atoms with Crippen LogP contribution in [0.2, 0.25) is 0 Å². The largest absolute Gasteiger partial charge is 0.456 e. The van der Waals surface area contributed by atoms with E-state index in [0.29, 0.717) is 0 Å². The first kappa shape index (κ1) is 31.0. The molecule has 2 aliphatic rings. The summed E-state index contributed by atoms with van der Waals surface area (Å²) in [4.78, 5) is 5.00. The average Bonchev–Trinajstić information content (AvgIpc) is 3.93. The van der Waals surface area contributed by atoms with Gasteiger partial charge in [-0.05, 0) is 132 Å². The molecule has 8 aromatic carbocycles. The van der Waals surface area contributed by atoms with E-state index in [4.69, 9.17) is 4.42 Å². The highest BCUT2D eigenvalue weighted by atomic mass is 16.3. The molecule has 0 radical (unpaired) electrons. The zero-order chi connectivity index (χ0) is 35.6. The van der Waals surface area contributed by atoms with Gasteiger partial charge in [-0.25, -0.2) is 0 Å². The lowest BCUT2D eigenvalue weighted by Gasteiger charge is -2.37. The van der Waals surface area contributed by atoms with Crippen molar-refractivity contribution < 1.29 is 4.42 Å². The molecule has 1 heterocycles. The molecule has 1 aromatic heterocycles. The van der Waals surface area contributed by atoms with Crippen molar-refractivity contribution in [2.75, 3.05) is 9.80 Å². The highest BCUT2D eigenvalue weighted by Crippen LogP contribution is 2.60. The highest BCUT2D eigenvalue weighted by molar-refractivity contribution is 6.07. The number of para-hydroxylation sites is 3. The van der Waals surface area contributed by atoms with E-state index >= 15 is 0 Å². The minimum Gasteiger partial charge on any atom is -0.456 e. The summed E-state index contributed by atoms with van der Waals surface area (Å²) >= 11 is 0. The van der Waals surface area contributed by atoms with Gasteiger partial charge in [0.1, 0.15) is 11.2 Å². The fourth-order valence-corrected chi connectivity index (χ4v) is 9.69. The minimum atomic E-state index is -0.152. The van der Waals surface area contributed by atoms with E-state index in [-0.39, 0.29) is 5.41 Å². The van der Waals surface area contributed by atoms with Gasteiger partial charge in [0.2, 0.25) is 0 Å². The van der Waals surface area contributed by atoms with Gasteiger partial charge in [-0.3, -0.25) is 0 Å². The number of hydrogen-bond donors (Lipinski definition) is 0. The molecule has 1 atom stereocenters. The Hall–Kier alpha value is -6.58. The Labute approximate surface area is 315 Å². The average molecular weight is 695 g/mol. The molecule has 0 fully saturated rings. The molecule has 0 unspecified atom stereocenters. The smallest absolute Gasteiger partial charge is 0.135 e. The van der Waals surface area contributed by atoms with E-state index < -0.39 is 0 Å². The van der Waals surface area contributed by atoms with Crippen LogP contribution in [-0.2, 0) is 18.3 Å². The molecule has 54 heavy (non-hydrogen) atoms. The van der Waals surface area contributed by atoms with Crippen LogP contribution < -0.4 is 9.80 Å². The maximum Gasteiger partial charge on any atom is 0.135 e. The van der Waals surface area contributed by atoms with Crippen LogP contribution in [0.25, 0.3) is 32.7 Å². The normalized spacial score (nSPS) is 15.9. The third kappa shape index (κ3) is 4.75. The molecular formula is C51H38N2O. The van der Waals surface area contributed by atoms with Crippen LogP contribution in [0.15, 0.2) is 186 Å². The van der Waals surface area contributed by atoms with Gasteiger partial charge >= 0.3 is 0 Å². The second kappa shape index (κ2) is 12.2. The molecule has 2 aliphatic carbocycles. The summed E-state index contributed by atoms with van der Waals surface area (Å²) in [6.07, 6.45) is 4.26. The van der Waals surface area contributed by atoms with E-state index in [1.165, 1.54) is 55.8 Å². The van der Waals surface area contributed by atoms with Gasteiger partial charge in [0.05, 0.1) is 11.4 Å². The lowest BCUT2D eigenvalue weighted by atomic mass is 9.74. The highest BCUT2D eigenvalue weighted by Gasteiger charge is 2.49. The second-order valence-electron chi connectivity index (χ2n) is 14.9. The number of hydrogen-bond acceptors (Lipinski definition) is 3. The summed E-state index contributed by atoms with van der Waals surface area (Å²) in [6, 6.07) is 66.4. The lowest BCUT2D eigenvalue weighted by molar-refractivity contribution is 0.508. The predicted molar refractivity (Wildman–Crippen MR) is 224 cm³/mol. The first-order chi connectivity index (χ1) is 26.7. The van der Waals surface area contributed by atoms with Gasteiger partial charge in [-0.15, -0.1) is 0 Å². The van der Waals surface area contributed by atoms with E-state index in [1.54, 1.807) is 0 Å². The first-order valence-electron chi connectivity index (χ1n) is 19.1. The molecule has 9 aromatic rings. The third-order valence-electron chi connectivity index (χ3n) is 12.0. The van der Waals surface area contributed by atoms with Crippen LogP contribution >= 0.6 is 0 Å². The number of aryl methyl sites for hydroxylation is 2. The zero-order valence-electron chi connectivity index (χ0n) is 30.0. The number of furan rings is 1. The molecule has 258 valence electrons. The summed E-state index contributed by atoms with van der Waals surface area (Å²) in [6.45, 7) is 0. The van der Waals surface area contributed by atoms with E-state index in [1.807, 2.05) is 6.07 Å². The van der Waals surface area contributed by atoms with Crippen molar-refractivity contribution in [1.82, 2.24) is 0 Å². The molecular weight excluding hydrogens is 657 g/mol. The third-order valence-corrected chi connectivity index (χ3v) is 12.0. The van der Waals surface area contributed by atoms with Crippen LogP contribution in [0, 0.1) is 0 Å². The molecule has 0 saturated carbocycles. The lowest BCUT2D eigenvalue weighted by Crippen LogP contribution is -2.27. The summed E-state index contributed by atoms with van der Waals surface area (Å²) in [5.41, 5.74) is 14.6. The van der Waals surface area contributed by atoms with E-state index in [0.717, 1.165) is 59.0 Å². The molecule has 0 bridgehead atoms. The summed E-state index contributed by atoms with van der Waals surface area (Å²) in [5, 5.41) is 4.74. The Morgan fingerprint density at radius 1 is 0.389 bits per heavy atom. The summed E-state index contributed by atoms with van der Waals surface area (Å²) in [7, 11) is 0. The predicted octanol–water partition coefficient (Wildman–Crippen LogP) is 13.9. The first-order valence-corrected chi connectivity index (χ1v) is 19.1. The molecule has 0 aliphatic heterocycles.